The number of hydrogen-bond donors (Lipinski definition) is 1. The van der Waals surface area contributed by atoms with Crippen molar-refractivity contribution >= 4 is 11.8 Å². The van der Waals surface area contributed by atoms with Crippen molar-refractivity contribution in [3.05, 3.63) is 101 Å². The Hall–Kier alpha value is -4.13. The molecule has 0 bridgehead atoms. The van der Waals surface area contributed by atoms with Crippen molar-refractivity contribution in [2.45, 2.75) is 26.3 Å². The van der Waals surface area contributed by atoms with Crippen LogP contribution in [0, 0.1) is 0 Å². The maximum absolute atomic E-state index is 12.8. The summed E-state index contributed by atoms with van der Waals surface area (Å²) in [6, 6.07) is 20.1. The summed E-state index contributed by atoms with van der Waals surface area (Å²) in [5.41, 5.74) is 2.90. The molecule has 1 N–H and O–H groups in total. The van der Waals surface area contributed by atoms with Crippen LogP contribution < -0.4 is 0 Å². The Kier molecular flexibility index (Phi) is 6.17. The SMILES string of the molecule is CCCn1nc(C(=O)c2ccccc2)nc1Cc1ccc(-c2cccnc2C(=O)O)cc1. The molecule has 0 saturated carbocycles. The maximum atomic E-state index is 12.8. The first kappa shape index (κ1) is 21.1. The molecule has 0 aliphatic heterocycles. The number of aromatic carboxylic acids is 1. The van der Waals surface area contributed by atoms with Gasteiger partial charge in [-0.05, 0) is 23.6 Å². The molecule has 0 fully saturated rings. The highest BCUT2D eigenvalue weighted by molar-refractivity contribution is 6.06. The predicted octanol–water partition coefficient (Wildman–Crippen LogP) is 4.27. The molecule has 2 aromatic heterocycles. The number of hydrogen-bond acceptors (Lipinski definition) is 5. The second kappa shape index (κ2) is 9.34. The van der Waals surface area contributed by atoms with Crippen molar-refractivity contribution in [3.8, 4) is 11.1 Å². The van der Waals surface area contributed by atoms with E-state index in [1.807, 2.05) is 49.4 Å². The normalized spacial score (nSPS) is 10.8. The third kappa shape index (κ3) is 4.46. The second-order valence-electron chi connectivity index (χ2n) is 7.35. The molecule has 160 valence electrons. The van der Waals surface area contributed by atoms with Crippen LogP contribution in [0.25, 0.3) is 11.1 Å². The van der Waals surface area contributed by atoms with Gasteiger partial charge in [0.25, 0.3) is 0 Å². The van der Waals surface area contributed by atoms with Gasteiger partial charge in [-0.2, -0.15) is 0 Å². The highest BCUT2D eigenvalue weighted by Gasteiger charge is 2.18. The highest BCUT2D eigenvalue weighted by Crippen LogP contribution is 2.23. The first-order chi connectivity index (χ1) is 15.6. The van der Waals surface area contributed by atoms with E-state index >= 15 is 0 Å². The summed E-state index contributed by atoms with van der Waals surface area (Å²) in [5, 5.41) is 13.8. The molecule has 7 nitrogen and oxygen atoms in total. The van der Waals surface area contributed by atoms with Crippen LogP contribution >= 0.6 is 0 Å². The van der Waals surface area contributed by atoms with Crippen LogP contribution in [0.3, 0.4) is 0 Å². The van der Waals surface area contributed by atoms with Crippen molar-refractivity contribution < 1.29 is 14.7 Å². The van der Waals surface area contributed by atoms with Gasteiger partial charge in [0.2, 0.25) is 11.6 Å². The Morgan fingerprint density at radius 1 is 0.969 bits per heavy atom. The predicted molar refractivity (Wildman–Crippen MR) is 120 cm³/mol. The number of carboxylic acid groups (broad SMARTS) is 1. The number of ketones is 1. The second-order valence-corrected chi connectivity index (χ2v) is 7.35. The molecular weight excluding hydrogens is 404 g/mol. The van der Waals surface area contributed by atoms with E-state index < -0.39 is 5.97 Å². The summed E-state index contributed by atoms with van der Waals surface area (Å²) < 4.78 is 1.79. The summed E-state index contributed by atoms with van der Waals surface area (Å²) in [6.07, 6.45) is 2.84. The van der Waals surface area contributed by atoms with E-state index in [-0.39, 0.29) is 17.3 Å². The van der Waals surface area contributed by atoms with Gasteiger partial charge in [0.05, 0.1) is 0 Å². The Morgan fingerprint density at radius 3 is 2.41 bits per heavy atom. The summed E-state index contributed by atoms with van der Waals surface area (Å²) in [5.74, 6) is -0.355. The summed E-state index contributed by atoms with van der Waals surface area (Å²) >= 11 is 0. The smallest absolute Gasteiger partial charge is 0.355 e. The lowest BCUT2D eigenvalue weighted by Gasteiger charge is -2.07. The Bertz CT molecular complexity index is 1250. The van der Waals surface area contributed by atoms with Gasteiger partial charge < -0.3 is 5.11 Å². The minimum atomic E-state index is -1.06. The van der Waals surface area contributed by atoms with Crippen LogP contribution in [0.15, 0.2) is 72.9 Å². The number of carboxylic acids is 1. The average Bonchev–Trinajstić information content (AvgIpc) is 3.22. The van der Waals surface area contributed by atoms with Crippen molar-refractivity contribution in [2.24, 2.45) is 0 Å². The molecule has 0 aliphatic rings. The molecule has 4 rings (SSSR count). The van der Waals surface area contributed by atoms with Crippen LogP contribution in [-0.2, 0) is 13.0 Å². The van der Waals surface area contributed by atoms with Gasteiger partial charge in [0.15, 0.2) is 5.69 Å². The van der Waals surface area contributed by atoms with Gasteiger partial charge in [-0.3, -0.25) is 4.79 Å². The molecule has 4 aromatic rings. The number of carbonyl (C=O) groups excluding carboxylic acids is 1. The van der Waals surface area contributed by atoms with Gasteiger partial charge in [-0.1, -0.05) is 67.6 Å². The van der Waals surface area contributed by atoms with E-state index in [2.05, 4.69) is 15.1 Å². The van der Waals surface area contributed by atoms with Gasteiger partial charge in [-0.15, -0.1) is 5.10 Å². The number of pyridine rings is 1. The number of benzene rings is 2. The summed E-state index contributed by atoms with van der Waals surface area (Å²) in [4.78, 5) is 32.7. The molecule has 32 heavy (non-hydrogen) atoms. The van der Waals surface area contributed by atoms with E-state index in [1.54, 1.807) is 28.9 Å². The lowest BCUT2D eigenvalue weighted by atomic mass is 10.0. The van der Waals surface area contributed by atoms with Gasteiger partial charge in [0, 0.05) is 30.3 Å². The zero-order valence-corrected chi connectivity index (χ0v) is 17.6. The third-order valence-corrected chi connectivity index (χ3v) is 5.06. The Balaban J connectivity index is 1.60. The maximum Gasteiger partial charge on any atom is 0.355 e. The van der Waals surface area contributed by atoms with E-state index in [1.165, 1.54) is 6.20 Å². The monoisotopic (exact) mass is 426 g/mol. The molecule has 0 radical (unpaired) electrons. The highest BCUT2D eigenvalue weighted by atomic mass is 16.4. The lowest BCUT2D eigenvalue weighted by Crippen LogP contribution is -2.07. The Morgan fingerprint density at radius 2 is 1.72 bits per heavy atom. The zero-order chi connectivity index (χ0) is 22.5. The third-order valence-electron chi connectivity index (χ3n) is 5.06. The minimum absolute atomic E-state index is 0.0204. The van der Waals surface area contributed by atoms with Crippen molar-refractivity contribution in [1.29, 1.82) is 0 Å². The fourth-order valence-electron chi connectivity index (χ4n) is 3.50. The van der Waals surface area contributed by atoms with Crippen molar-refractivity contribution in [3.63, 3.8) is 0 Å². The summed E-state index contributed by atoms with van der Waals surface area (Å²) in [7, 11) is 0. The van der Waals surface area contributed by atoms with Crippen LogP contribution in [-0.4, -0.2) is 36.6 Å². The zero-order valence-electron chi connectivity index (χ0n) is 17.6. The van der Waals surface area contributed by atoms with E-state index in [0.29, 0.717) is 29.9 Å². The standard InChI is InChI=1S/C25H22N4O3/c1-2-15-29-21(27-24(28-29)23(30)19-7-4-3-5-8-19)16-17-10-12-18(13-11-17)20-9-6-14-26-22(20)25(31)32/h3-14H,2,15-16H2,1H3,(H,31,32). The number of aryl methyl sites for hydroxylation is 1. The van der Waals surface area contributed by atoms with Crippen LogP contribution in [0.1, 0.15) is 51.4 Å². The molecule has 7 heteroatoms. The van der Waals surface area contributed by atoms with E-state index in [9.17, 15) is 14.7 Å². The molecule has 0 saturated heterocycles. The van der Waals surface area contributed by atoms with Gasteiger partial charge in [0.1, 0.15) is 5.82 Å². The molecule has 0 spiro atoms. The van der Waals surface area contributed by atoms with Crippen LogP contribution in [0.2, 0.25) is 0 Å². The van der Waals surface area contributed by atoms with Gasteiger partial charge >= 0.3 is 5.97 Å². The number of nitrogens with zero attached hydrogens (tertiary/aromatic N) is 4. The van der Waals surface area contributed by atoms with Crippen LogP contribution in [0.5, 0.6) is 0 Å². The Labute approximate surface area is 185 Å². The van der Waals surface area contributed by atoms with E-state index in [0.717, 1.165) is 17.5 Å². The van der Waals surface area contributed by atoms with E-state index in [4.69, 9.17) is 0 Å². The average molecular weight is 426 g/mol. The van der Waals surface area contributed by atoms with Crippen molar-refractivity contribution in [1.82, 2.24) is 19.7 Å². The molecule has 2 aromatic carbocycles. The molecule has 2 heterocycles. The molecule has 0 aliphatic carbocycles. The number of carbonyl (C=O) groups is 2. The molecule has 0 atom stereocenters. The molecule has 0 amide bonds. The molecule has 0 unspecified atom stereocenters. The fraction of sp³-hybridized carbons (Fsp3) is 0.160. The van der Waals surface area contributed by atoms with Crippen molar-refractivity contribution in [2.75, 3.05) is 0 Å². The van der Waals surface area contributed by atoms with Gasteiger partial charge in [-0.25, -0.2) is 19.4 Å². The quantitative estimate of drug-likeness (QED) is 0.423. The first-order valence-electron chi connectivity index (χ1n) is 10.4. The minimum Gasteiger partial charge on any atom is -0.476 e. The lowest BCUT2D eigenvalue weighted by molar-refractivity contribution is 0.0691. The summed E-state index contributed by atoms with van der Waals surface area (Å²) in [6.45, 7) is 2.72. The number of aromatic nitrogens is 4. The fourth-order valence-corrected chi connectivity index (χ4v) is 3.50. The first-order valence-corrected chi connectivity index (χ1v) is 10.4. The number of rotatable bonds is 8. The largest absolute Gasteiger partial charge is 0.476 e. The van der Waals surface area contributed by atoms with Crippen LogP contribution in [0.4, 0.5) is 0 Å². The molecular formula is C25H22N4O3. The topological polar surface area (TPSA) is 98.0 Å².